The molecule has 0 radical (unpaired) electrons. The molecule has 10 rings (SSSR count). The lowest BCUT2D eigenvalue weighted by molar-refractivity contribution is -0.160. The predicted octanol–water partition coefficient (Wildman–Crippen LogP) is 7.86. The number of ether oxygens (including phenoxy) is 4. The van der Waals surface area contributed by atoms with Crippen LogP contribution in [0.5, 0.6) is 23.0 Å². The third-order valence-corrected chi connectivity index (χ3v) is 17.5. The number of esters is 1. The van der Waals surface area contributed by atoms with E-state index in [4.69, 9.17) is 24.0 Å². The summed E-state index contributed by atoms with van der Waals surface area (Å²) in [5, 5.41) is 70.0. The van der Waals surface area contributed by atoms with Crippen molar-refractivity contribution in [2.45, 2.75) is 143 Å². The van der Waals surface area contributed by atoms with Gasteiger partial charge < -0.3 is 64.2 Å². The molecule has 3 aromatic carbocycles. The van der Waals surface area contributed by atoms with Gasteiger partial charge in [-0.25, -0.2) is 4.39 Å². The molecule has 436 valence electrons. The van der Waals surface area contributed by atoms with E-state index in [0.29, 0.717) is 54.5 Å². The van der Waals surface area contributed by atoms with Gasteiger partial charge in [0.2, 0.25) is 0 Å². The van der Waals surface area contributed by atoms with Crippen LogP contribution in [0.3, 0.4) is 0 Å². The Morgan fingerprint density at radius 1 is 0.901 bits per heavy atom. The molecule has 1 saturated carbocycles. The van der Waals surface area contributed by atoms with Crippen LogP contribution in [0.2, 0.25) is 0 Å². The number of allylic oxidation sites excluding steroid dienone is 2. The van der Waals surface area contributed by atoms with Crippen molar-refractivity contribution in [2.75, 3.05) is 50.6 Å². The first-order valence-electron chi connectivity index (χ1n) is 28.1. The van der Waals surface area contributed by atoms with E-state index in [-0.39, 0.29) is 68.0 Å². The van der Waals surface area contributed by atoms with Gasteiger partial charge in [0.05, 0.1) is 70.2 Å². The number of phenolic OH excluding ortho intramolecular Hbond substituents is 3. The molecule has 4 aromatic rings. The number of rotatable bonds is 8. The molecule has 0 spiro atoms. The van der Waals surface area contributed by atoms with Gasteiger partial charge >= 0.3 is 11.8 Å². The second-order valence-corrected chi connectivity index (χ2v) is 23.3. The van der Waals surface area contributed by atoms with Gasteiger partial charge in [-0.15, -0.1) is 0 Å². The number of aromatic nitrogens is 1. The number of aromatic hydroxyl groups is 3. The minimum atomic E-state index is -2.13. The van der Waals surface area contributed by atoms with E-state index in [1.807, 2.05) is 23.2 Å². The summed E-state index contributed by atoms with van der Waals surface area (Å²) in [6, 6.07) is 2.89. The summed E-state index contributed by atoms with van der Waals surface area (Å²) in [4.78, 5) is 59.3. The largest absolute Gasteiger partial charge is 0.507 e. The van der Waals surface area contributed by atoms with Gasteiger partial charge in [-0.1, -0.05) is 45.9 Å². The molecule has 2 saturated heterocycles. The number of hydrogen-bond donors (Lipinski definition) is 6. The van der Waals surface area contributed by atoms with Crippen molar-refractivity contribution in [3.8, 4) is 23.0 Å². The second kappa shape index (κ2) is 23.1. The first-order chi connectivity index (χ1) is 38.4. The number of aliphatic hydroxyl groups excluding tert-OH is 2. The highest BCUT2D eigenvalue weighted by Gasteiger charge is 2.50. The lowest BCUT2D eigenvalue weighted by Gasteiger charge is -2.39. The highest BCUT2D eigenvalue weighted by atomic mass is 19.1. The molecule has 1 aliphatic carbocycles. The number of methoxy groups -OCH3 is 1. The highest BCUT2D eigenvalue weighted by Crippen LogP contribution is 2.55. The number of likely N-dealkylation sites (tertiary alicyclic amines) is 1. The van der Waals surface area contributed by atoms with Gasteiger partial charge in [-0.2, -0.15) is 5.10 Å². The van der Waals surface area contributed by atoms with E-state index in [9.17, 15) is 44.7 Å². The number of nitrogens with zero attached hydrogens (tertiary/aromatic N) is 5. The van der Waals surface area contributed by atoms with Crippen molar-refractivity contribution in [1.29, 1.82) is 0 Å². The number of nitrogens with one attached hydrogen (secondary N) is 1. The Hall–Kier alpha value is -7.00. The zero-order valence-corrected chi connectivity index (χ0v) is 48.0. The van der Waals surface area contributed by atoms with Gasteiger partial charge in [0.15, 0.2) is 11.2 Å². The summed E-state index contributed by atoms with van der Waals surface area (Å²) in [5.74, 6) is -9.45. The number of aryl methyl sites for hydroxylation is 1. The summed E-state index contributed by atoms with van der Waals surface area (Å²) in [7, 11) is 3.46. The maximum atomic E-state index is 16.3. The number of carbonyl (C=O) groups excluding carboxylic acids is 3. The predicted molar refractivity (Wildman–Crippen MR) is 306 cm³/mol. The van der Waals surface area contributed by atoms with E-state index in [2.05, 4.69) is 14.8 Å². The average molecular weight is 1120 g/mol. The normalized spacial score (nSPS) is 29.7. The van der Waals surface area contributed by atoms with Crippen LogP contribution in [0.15, 0.2) is 64.4 Å². The number of carbonyl (C=O) groups is 3. The van der Waals surface area contributed by atoms with Crippen molar-refractivity contribution in [3.63, 3.8) is 0 Å². The molecule has 5 aliphatic heterocycles. The highest BCUT2D eigenvalue weighted by molar-refractivity contribution is 6.24. The Kier molecular flexibility index (Phi) is 16.7. The first kappa shape index (κ1) is 58.6. The molecule has 81 heavy (non-hydrogen) atoms. The molecule has 5 bridgehead atoms. The van der Waals surface area contributed by atoms with Crippen molar-refractivity contribution in [2.24, 2.45) is 28.8 Å². The lowest BCUT2D eigenvalue weighted by atomic mass is 9.78. The van der Waals surface area contributed by atoms with E-state index < -0.39 is 94.6 Å². The van der Waals surface area contributed by atoms with Crippen LogP contribution >= 0.6 is 0 Å². The molecule has 20 heteroatoms. The minimum Gasteiger partial charge on any atom is -0.507 e. The number of anilines is 2. The Labute approximate surface area is 470 Å². The molecule has 3 fully saturated rings. The molecule has 1 aromatic heterocycles. The molecule has 1 unspecified atom stereocenters. The molecule has 10 atom stereocenters. The van der Waals surface area contributed by atoms with Gasteiger partial charge in [-0.05, 0) is 91.2 Å². The quantitative estimate of drug-likeness (QED) is 0.0323. The van der Waals surface area contributed by atoms with Gasteiger partial charge in [-0.3, -0.25) is 24.2 Å². The summed E-state index contributed by atoms with van der Waals surface area (Å²) in [6.07, 6.45) is 10.4. The van der Waals surface area contributed by atoms with E-state index in [0.717, 1.165) is 25.9 Å². The number of piperidine rings is 1. The molecule has 6 heterocycles. The Balaban J connectivity index is 1.16. The van der Waals surface area contributed by atoms with Crippen molar-refractivity contribution in [3.05, 3.63) is 92.8 Å². The van der Waals surface area contributed by atoms with Crippen molar-refractivity contribution in [1.82, 2.24) is 14.5 Å². The number of hydrazone groups is 1. The lowest BCUT2D eigenvalue weighted by Crippen LogP contribution is -2.46. The number of halogens is 1. The molecule has 19 nitrogen and oxygen atoms in total. The number of aliphatic hydroxyl groups is 2. The van der Waals surface area contributed by atoms with Gasteiger partial charge in [0.25, 0.3) is 11.7 Å². The zero-order chi connectivity index (χ0) is 58.7. The second-order valence-electron chi connectivity index (χ2n) is 23.3. The molecule has 6 aliphatic rings. The molecule has 1 amide bonds. The third-order valence-electron chi connectivity index (χ3n) is 17.5. The molecular formula is C61H77FN6O13. The fourth-order valence-electron chi connectivity index (χ4n) is 12.3. The monoisotopic (exact) mass is 1120 g/mol. The van der Waals surface area contributed by atoms with Crippen molar-refractivity contribution >= 4 is 56.9 Å². The fraction of sp³-hybridized carbons (Fsp3) is 0.525. The number of hydrogen-bond acceptors (Lipinski definition) is 17. The number of fused-ring (bicyclic) bond motifs is 15. The van der Waals surface area contributed by atoms with Crippen LogP contribution in [0.4, 0.5) is 15.8 Å². The average Bonchev–Trinajstić information content (AvgIpc) is 3.37. The molecule has 6 N–H and O–H groups in total. The zero-order valence-electron chi connectivity index (χ0n) is 48.0. The topological polar surface area (TPSA) is 245 Å². The Morgan fingerprint density at radius 3 is 2.26 bits per heavy atom. The van der Waals surface area contributed by atoms with Crippen LogP contribution in [0.1, 0.15) is 114 Å². The first-order valence-corrected chi connectivity index (χ1v) is 28.1. The van der Waals surface area contributed by atoms with E-state index >= 15 is 4.39 Å². The van der Waals surface area contributed by atoms with Crippen LogP contribution in [0, 0.1) is 43.3 Å². The minimum absolute atomic E-state index is 0.0148. The van der Waals surface area contributed by atoms with Crippen LogP contribution < -0.4 is 20.4 Å². The fourth-order valence-corrected chi connectivity index (χ4v) is 12.3. The summed E-state index contributed by atoms with van der Waals surface area (Å²) < 4.78 is 42.4. The third kappa shape index (κ3) is 11.1. The molecular weight excluding hydrogens is 1040 g/mol. The summed E-state index contributed by atoms with van der Waals surface area (Å²) in [5.41, 5.74) is 0.751. The summed E-state index contributed by atoms with van der Waals surface area (Å²) >= 11 is 0. The van der Waals surface area contributed by atoms with Crippen LogP contribution in [-0.2, 0) is 23.8 Å². The Bertz CT molecular complexity index is 3330. The number of Topliss-reactive ketones (excluding diaryl/α,β-unsaturated/α-hetero) is 1. The number of phenols is 3. The standard InChI is InChI=1S/C61H77FN6O13/c1-30-13-12-14-31(2)60(77)64-50-42(27-63-68(39-17-21-65(10)22-18-39)40-19-23-66(29-40)45-26-44-41(25-43(45)62)52(71)32(3)28-67(44)38-15-16-38)55(74)47-48(56(50)75)54(73)36(7)58-49(47)59(76)61(9,81-58)79-24-20-46(78-11)33(4)57(80-37(8)69)35(6)53(72)34(5)51(30)70/h12-14,20,24-28,30,33-35,38-40,46,51,53,57,70,72-75H,15-19,21-23,29H2,1-11H3,(H,64,77)/b13-12+,24-20+,31-14-,63-27-/t30-,33+,34+,35+,40?,46-,51-,53+,57+,61-/m0/s1. The van der Waals surface area contributed by atoms with E-state index in [1.165, 1.54) is 65.5 Å². The van der Waals surface area contributed by atoms with Crippen molar-refractivity contribution < 1.29 is 63.3 Å². The Morgan fingerprint density at radius 2 is 1.59 bits per heavy atom. The van der Waals surface area contributed by atoms with Gasteiger partial charge in [0.1, 0.15) is 29.2 Å². The van der Waals surface area contributed by atoms with E-state index in [1.54, 1.807) is 52.8 Å². The number of amides is 1. The summed E-state index contributed by atoms with van der Waals surface area (Å²) in [6.45, 7) is 16.5. The van der Waals surface area contributed by atoms with Crippen LogP contribution in [-0.4, -0.2) is 147 Å². The maximum Gasteiger partial charge on any atom is 0.312 e. The SMILES string of the molecule is CO[C@H]1/C=C/O[C@@]2(C)Oc3c(C)c(O)c4c(O)c(c(/C=N\N(C5CCN(C)CC5)C5CCN(c6cc7c(cc6F)c(=O)c(C)cn7C6CC6)C5)c(O)c4c3C2=O)NC(=O)/C(C)=C\C=C\[C@H](C)[C@H](O)[C@@H](C)[C@@H](O)[C@@H](C)[C@H](OC(C)=O)[C@@H]1C. The number of benzene rings is 3. The maximum absolute atomic E-state index is 16.3. The smallest absolute Gasteiger partial charge is 0.312 e. The number of pyridine rings is 1. The number of ketones is 1. The van der Waals surface area contributed by atoms with Gasteiger partial charge in [0, 0.05) is 103 Å². The van der Waals surface area contributed by atoms with Crippen LogP contribution in [0.25, 0.3) is 21.7 Å².